The number of nitrogens with zero attached hydrogens (tertiary/aromatic N) is 3. The highest BCUT2D eigenvalue weighted by molar-refractivity contribution is 5.98. The molecule has 1 aliphatic rings. The van der Waals surface area contributed by atoms with Crippen LogP contribution in [0.5, 0.6) is 17.4 Å². The molecule has 14 heteroatoms. The van der Waals surface area contributed by atoms with Crippen LogP contribution in [-0.4, -0.2) is 86.6 Å². The fourth-order valence-corrected chi connectivity index (χ4v) is 5.60. The minimum absolute atomic E-state index is 0.0143. The van der Waals surface area contributed by atoms with Crippen molar-refractivity contribution in [2.24, 2.45) is 0 Å². The molecule has 2 heterocycles. The van der Waals surface area contributed by atoms with E-state index in [4.69, 9.17) is 14.2 Å². The summed E-state index contributed by atoms with van der Waals surface area (Å²) in [6, 6.07) is 15.9. The Bertz CT molecular complexity index is 1850. The van der Waals surface area contributed by atoms with E-state index in [2.05, 4.69) is 25.4 Å². The SMILES string of the molecule is CCOc1cc(OCc2ccc(OC)cc2)ncc1-c1ccc(CC(=O)Nc2cc(C(=O)NCCN3CCN(C)CC3)cc(C(F)(F)F)c2)c(F)c1. The number of hydrogen-bond donors (Lipinski definition) is 2. The van der Waals surface area contributed by atoms with Crippen LogP contribution in [0.3, 0.4) is 0 Å². The Labute approximate surface area is 299 Å². The van der Waals surface area contributed by atoms with Crippen LogP contribution in [0.25, 0.3) is 11.1 Å². The van der Waals surface area contributed by atoms with Crippen LogP contribution in [0, 0.1) is 5.82 Å². The van der Waals surface area contributed by atoms with E-state index < -0.39 is 35.8 Å². The largest absolute Gasteiger partial charge is 0.497 e. The Morgan fingerprint density at radius 3 is 2.37 bits per heavy atom. The average Bonchev–Trinajstić information content (AvgIpc) is 3.12. The Kier molecular flexibility index (Phi) is 12.7. The lowest BCUT2D eigenvalue weighted by Crippen LogP contribution is -2.46. The zero-order valence-electron chi connectivity index (χ0n) is 29.2. The van der Waals surface area contributed by atoms with Gasteiger partial charge in [-0.15, -0.1) is 0 Å². The predicted molar refractivity (Wildman–Crippen MR) is 188 cm³/mol. The van der Waals surface area contributed by atoms with Crippen LogP contribution >= 0.6 is 0 Å². The van der Waals surface area contributed by atoms with E-state index in [0.29, 0.717) is 35.9 Å². The normalized spacial score (nSPS) is 13.8. The van der Waals surface area contributed by atoms with Crippen molar-refractivity contribution in [1.82, 2.24) is 20.1 Å². The molecule has 1 fully saturated rings. The lowest BCUT2D eigenvalue weighted by molar-refractivity contribution is -0.137. The van der Waals surface area contributed by atoms with Crippen LogP contribution in [0.15, 0.2) is 72.9 Å². The summed E-state index contributed by atoms with van der Waals surface area (Å²) in [6.07, 6.45) is -3.74. The lowest BCUT2D eigenvalue weighted by atomic mass is 10.0. The first-order chi connectivity index (χ1) is 24.9. The summed E-state index contributed by atoms with van der Waals surface area (Å²) in [6.45, 7) is 6.63. The molecule has 0 atom stereocenters. The number of nitrogens with one attached hydrogen (secondary N) is 2. The van der Waals surface area contributed by atoms with Crippen LogP contribution in [0.2, 0.25) is 0 Å². The zero-order valence-corrected chi connectivity index (χ0v) is 29.2. The van der Waals surface area contributed by atoms with Gasteiger partial charge in [-0.25, -0.2) is 9.37 Å². The number of alkyl halides is 3. The van der Waals surface area contributed by atoms with Crippen molar-refractivity contribution in [1.29, 1.82) is 0 Å². The average molecular weight is 724 g/mol. The molecule has 1 saturated heterocycles. The van der Waals surface area contributed by atoms with Crippen LogP contribution in [0.4, 0.5) is 23.2 Å². The maximum Gasteiger partial charge on any atom is 0.416 e. The number of ether oxygens (including phenoxy) is 3. The number of piperazine rings is 1. The van der Waals surface area contributed by atoms with Gasteiger partial charge >= 0.3 is 6.18 Å². The molecule has 1 aliphatic heterocycles. The summed E-state index contributed by atoms with van der Waals surface area (Å²) < 4.78 is 73.4. The number of hydrogen-bond acceptors (Lipinski definition) is 8. The Morgan fingerprint density at radius 2 is 1.69 bits per heavy atom. The maximum absolute atomic E-state index is 15.4. The number of amides is 2. The van der Waals surface area contributed by atoms with E-state index in [1.165, 1.54) is 24.4 Å². The summed E-state index contributed by atoms with van der Waals surface area (Å²) in [4.78, 5) is 34.5. The van der Waals surface area contributed by atoms with Gasteiger partial charge in [-0.2, -0.15) is 13.2 Å². The minimum Gasteiger partial charge on any atom is -0.497 e. The summed E-state index contributed by atoms with van der Waals surface area (Å²) in [5.41, 5.74) is 0.254. The second kappa shape index (κ2) is 17.3. The van der Waals surface area contributed by atoms with E-state index in [1.54, 1.807) is 26.2 Å². The fraction of sp³-hybridized carbons (Fsp3) is 0.342. The number of halogens is 4. The van der Waals surface area contributed by atoms with Crippen molar-refractivity contribution >= 4 is 17.5 Å². The van der Waals surface area contributed by atoms with Gasteiger partial charge in [0.2, 0.25) is 11.8 Å². The van der Waals surface area contributed by atoms with Gasteiger partial charge in [0.15, 0.2) is 0 Å². The quantitative estimate of drug-likeness (QED) is 0.152. The van der Waals surface area contributed by atoms with Crippen molar-refractivity contribution in [3.05, 3.63) is 101 Å². The number of anilines is 1. The second-order valence-corrected chi connectivity index (χ2v) is 12.3. The number of methoxy groups -OCH3 is 1. The van der Waals surface area contributed by atoms with E-state index in [1.807, 2.05) is 31.3 Å². The number of aromatic nitrogens is 1. The Balaban J connectivity index is 1.23. The van der Waals surface area contributed by atoms with Crippen molar-refractivity contribution in [3.8, 4) is 28.5 Å². The molecule has 276 valence electrons. The molecule has 10 nitrogen and oxygen atoms in total. The highest BCUT2D eigenvalue weighted by atomic mass is 19.4. The number of rotatable bonds is 14. The molecule has 52 heavy (non-hydrogen) atoms. The standard InChI is InChI=1S/C38H41F4N5O5/c1-4-51-34-22-36(52-24-25-5-9-31(50-3)10-6-25)44-23-32(34)26-7-8-27(33(39)19-26)20-35(48)45-30-18-28(17-29(21-30)38(40,41)42)37(49)43-11-12-47-15-13-46(2)14-16-47/h5-10,17-19,21-23H,4,11-16,20,24H2,1-3H3,(H,43,49)(H,45,48). The van der Waals surface area contributed by atoms with E-state index in [9.17, 15) is 22.8 Å². The first-order valence-electron chi connectivity index (χ1n) is 16.8. The van der Waals surface area contributed by atoms with Gasteiger partial charge in [0.1, 0.15) is 23.9 Å². The Hall–Kier alpha value is -5.21. The molecule has 2 amide bonds. The molecular formula is C38H41F4N5O5. The van der Waals surface area contributed by atoms with Crippen molar-refractivity contribution in [2.45, 2.75) is 26.1 Å². The molecule has 0 spiro atoms. The number of pyridine rings is 1. The molecule has 0 saturated carbocycles. The second-order valence-electron chi connectivity index (χ2n) is 12.3. The van der Waals surface area contributed by atoms with Crippen molar-refractivity contribution in [3.63, 3.8) is 0 Å². The molecule has 0 aliphatic carbocycles. The molecule has 2 N–H and O–H groups in total. The molecule has 1 aromatic heterocycles. The summed E-state index contributed by atoms with van der Waals surface area (Å²) in [5, 5.41) is 5.06. The lowest BCUT2D eigenvalue weighted by Gasteiger charge is -2.32. The van der Waals surface area contributed by atoms with Gasteiger partial charge in [0, 0.05) is 68.3 Å². The fourth-order valence-electron chi connectivity index (χ4n) is 5.60. The summed E-state index contributed by atoms with van der Waals surface area (Å²) >= 11 is 0. The van der Waals surface area contributed by atoms with E-state index in [0.717, 1.165) is 49.6 Å². The topological polar surface area (TPSA) is 105 Å². The molecule has 0 radical (unpaired) electrons. The van der Waals surface area contributed by atoms with Gasteiger partial charge in [-0.05, 0) is 67.1 Å². The monoisotopic (exact) mass is 723 g/mol. The van der Waals surface area contributed by atoms with Gasteiger partial charge in [-0.3, -0.25) is 14.5 Å². The number of benzene rings is 3. The third-order valence-corrected chi connectivity index (χ3v) is 8.52. The minimum atomic E-state index is -4.77. The van der Waals surface area contributed by atoms with Gasteiger partial charge in [0.05, 0.1) is 25.7 Å². The molecule has 5 rings (SSSR count). The highest BCUT2D eigenvalue weighted by Crippen LogP contribution is 2.34. The molecule has 0 unspecified atom stereocenters. The smallest absolute Gasteiger partial charge is 0.416 e. The van der Waals surface area contributed by atoms with Gasteiger partial charge in [-0.1, -0.05) is 24.3 Å². The van der Waals surface area contributed by atoms with Gasteiger partial charge in [0.25, 0.3) is 5.91 Å². The van der Waals surface area contributed by atoms with Crippen LogP contribution < -0.4 is 24.8 Å². The van der Waals surface area contributed by atoms with E-state index in [-0.39, 0.29) is 30.0 Å². The van der Waals surface area contributed by atoms with Crippen molar-refractivity contribution in [2.75, 3.05) is 65.3 Å². The summed E-state index contributed by atoms with van der Waals surface area (Å²) in [5.74, 6) is -0.729. The maximum atomic E-state index is 15.4. The van der Waals surface area contributed by atoms with E-state index >= 15 is 4.39 Å². The van der Waals surface area contributed by atoms with Crippen LogP contribution in [0.1, 0.15) is 34.0 Å². The molecular weight excluding hydrogens is 682 g/mol. The third-order valence-electron chi connectivity index (χ3n) is 8.52. The molecule has 4 aromatic rings. The van der Waals surface area contributed by atoms with Crippen LogP contribution in [-0.2, 0) is 24.0 Å². The molecule has 0 bridgehead atoms. The Morgan fingerprint density at radius 1 is 0.942 bits per heavy atom. The van der Waals surface area contributed by atoms with Crippen molar-refractivity contribution < 1.29 is 41.4 Å². The number of carbonyl (C=O) groups is 2. The predicted octanol–water partition coefficient (Wildman–Crippen LogP) is 6.05. The van der Waals surface area contributed by atoms with Gasteiger partial charge < -0.3 is 29.7 Å². The zero-order chi connectivity index (χ0) is 37.3. The third kappa shape index (κ3) is 10.4. The number of likely N-dealkylation sites (N-methyl/N-ethyl adjacent to an activating group) is 1. The number of carbonyl (C=O) groups excluding carboxylic acids is 2. The highest BCUT2D eigenvalue weighted by Gasteiger charge is 2.32. The first-order valence-corrected chi connectivity index (χ1v) is 16.8. The first kappa shape index (κ1) is 38.0. The summed E-state index contributed by atoms with van der Waals surface area (Å²) in [7, 11) is 3.61. The molecule has 3 aromatic carbocycles.